The summed E-state index contributed by atoms with van der Waals surface area (Å²) in [7, 11) is 3.77. The highest BCUT2D eigenvalue weighted by molar-refractivity contribution is 9.10. The minimum Gasteiger partial charge on any atom is -0.537 e. The molecule has 0 bridgehead atoms. The lowest BCUT2D eigenvalue weighted by atomic mass is 10.1. The van der Waals surface area contributed by atoms with E-state index in [1.165, 1.54) is 0 Å². The van der Waals surface area contributed by atoms with Crippen LogP contribution >= 0.6 is 43.5 Å². The lowest BCUT2D eigenvalue weighted by molar-refractivity contribution is 0.0512. The Bertz CT molecular complexity index is 2180. The highest BCUT2D eigenvalue weighted by atomic mass is 79.9. The number of esters is 2. The van der Waals surface area contributed by atoms with Crippen molar-refractivity contribution >= 4 is 84.9 Å². The quantitative estimate of drug-likeness (QED) is 0.0851. The largest absolute Gasteiger partial charge is 0.569 e. The number of aromatic nitrogens is 4. The van der Waals surface area contributed by atoms with Crippen LogP contribution < -0.4 is 14.1 Å². The van der Waals surface area contributed by atoms with Crippen molar-refractivity contribution in [2.45, 2.75) is 13.8 Å². The van der Waals surface area contributed by atoms with Crippen molar-refractivity contribution in [1.29, 1.82) is 0 Å². The fraction of sp³-hybridized carbons (Fsp3) is 0.167. The molecule has 6 aromatic rings. The molecule has 6 rings (SSSR count). The number of rotatable bonds is 9. The van der Waals surface area contributed by atoms with Crippen LogP contribution in [0.4, 0.5) is 0 Å². The zero-order valence-electron chi connectivity index (χ0n) is 28.3. The van der Waals surface area contributed by atoms with Crippen LogP contribution in [0.1, 0.15) is 34.8 Å². The third-order valence-corrected chi connectivity index (χ3v) is 7.94. The van der Waals surface area contributed by atoms with Gasteiger partial charge >= 0.3 is 19.6 Å². The Morgan fingerprint density at radius 3 is 1.75 bits per heavy atom. The summed E-state index contributed by atoms with van der Waals surface area (Å²) in [6.45, 7) is 4.03. The van der Waals surface area contributed by atoms with Gasteiger partial charge in [0.1, 0.15) is 17.2 Å². The summed E-state index contributed by atoms with van der Waals surface area (Å²) in [5.41, 5.74) is 2.41. The Morgan fingerprint density at radius 1 is 0.692 bits per heavy atom. The minimum atomic E-state index is -0.528. The van der Waals surface area contributed by atoms with E-state index < -0.39 is 11.9 Å². The topological polar surface area (TPSA) is 152 Å². The van der Waals surface area contributed by atoms with Gasteiger partial charge in [-0.1, -0.05) is 50.1 Å². The highest BCUT2D eigenvalue weighted by Gasteiger charge is 2.18. The Balaban J connectivity index is 0.000000190. The van der Waals surface area contributed by atoms with Crippen LogP contribution in [0.3, 0.4) is 0 Å². The van der Waals surface area contributed by atoms with Gasteiger partial charge in [0.05, 0.1) is 38.5 Å². The van der Waals surface area contributed by atoms with Gasteiger partial charge in [-0.2, -0.15) is 0 Å². The number of carbonyl (C=O) groups is 2. The molecule has 2 heterocycles. The van der Waals surface area contributed by atoms with Crippen LogP contribution in [-0.2, 0) is 9.47 Å². The van der Waals surface area contributed by atoms with E-state index in [0.717, 1.165) is 14.5 Å². The molecule has 52 heavy (non-hydrogen) atoms. The Kier molecular flexibility index (Phi) is 15.1. The van der Waals surface area contributed by atoms with Gasteiger partial charge in [0.2, 0.25) is 5.28 Å². The molecule has 0 atom stereocenters. The van der Waals surface area contributed by atoms with Gasteiger partial charge in [-0.15, -0.1) is 0 Å². The first-order valence-corrected chi connectivity index (χ1v) is 17.4. The second kappa shape index (κ2) is 19.7. The van der Waals surface area contributed by atoms with Crippen LogP contribution in [0.25, 0.3) is 33.2 Å². The van der Waals surface area contributed by atoms with Crippen LogP contribution in [0.15, 0.2) is 93.9 Å². The van der Waals surface area contributed by atoms with Crippen LogP contribution in [-0.4, -0.2) is 72.0 Å². The van der Waals surface area contributed by atoms with Crippen molar-refractivity contribution in [3.63, 3.8) is 0 Å². The molecule has 4 aromatic carbocycles. The number of benzene rings is 4. The summed E-state index contributed by atoms with van der Waals surface area (Å²) in [5.74, 6) is 1.31. The van der Waals surface area contributed by atoms with Crippen LogP contribution in [0.5, 0.6) is 17.2 Å². The first-order chi connectivity index (χ1) is 25.1. The summed E-state index contributed by atoms with van der Waals surface area (Å²) in [4.78, 5) is 41.1. The summed E-state index contributed by atoms with van der Waals surface area (Å²) in [5, 5.41) is 9.41. The van der Waals surface area contributed by atoms with Crippen LogP contribution in [0, 0.1) is 0 Å². The van der Waals surface area contributed by atoms with Crippen LogP contribution in [0.2, 0.25) is 5.28 Å². The molecular formula is C36H31BBr2ClN4O8. The molecule has 16 heteroatoms. The van der Waals surface area contributed by atoms with Gasteiger partial charge in [-0.3, -0.25) is 0 Å². The van der Waals surface area contributed by atoms with E-state index in [2.05, 4.69) is 56.5 Å². The molecule has 267 valence electrons. The maximum atomic E-state index is 12.3. The van der Waals surface area contributed by atoms with Gasteiger partial charge in [0.25, 0.3) is 0 Å². The Hall–Kier alpha value is -4.83. The van der Waals surface area contributed by atoms with Crippen molar-refractivity contribution in [2.75, 3.05) is 27.4 Å². The fourth-order valence-electron chi connectivity index (χ4n) is 4.51. The molecule has 2 aromatic heterocycles. The van der Waals surface area contributed by atoms with E-state index in [9.17, 15) is 9.59 Å². The fourth-order valence-corrected chi connectivity index (χ4v) is 5.46. The monoisotopic (exact) mass is 851 g/mol. The van der Waals surface area contributed by atoms with Crippen molar-refractivity contribution in [3.8, 4) is 28.6 Å². The summed E-state index contributed by atoms with van der Waals surface area (Å²) >= 11 is 12.5. The minimum absolute atomic E-state index is 0.00993. The number of ether oxygens (including phenoxy) is 4. The summed E-state index contributed by atoms with van der Waals surface area (Å²) in [6.07, 6.45) is 0. The standard InChI is InChI=1S/C18H15BrN2O3.C12H11ClN2O3.C6H5BBrO2/c1-3-24-18(22)16-14-10-13(23-2)7-8-15(14)20-17(21-16)11-5-4-6-12(19)9-11;1-3-18-11(16)10-8-6-7(17-2)4-5-9(8)14-12(13)15-10;8-5-2-1-3-6(4-5)10-7-9/h4-10H,3H2,1-2H3;4-6H,3H2,1-2H3;1-4,9H. The SMILES string of the molecule is CCOC(=O)c1nc(-c2cccc(Br)c2)nc2ccc(OC)cc12.CCOC(=O)c1nc(Cl)nc2ccc(OC)cc12.O[B]Oc1cccc(Br)c1. The molecule has 0 saturated carbocycles. The van der Waals surface area contributed by atoms with Gasteiger partial charge in [0, 0.05) is 25.3 Å². The van der Waals surface area contributed by atoms with Crippen molar-refractivity contribution in [2.24, 2.45) is 0 Å². The van der Waals surface area contributed by atoms with Crippen molar-refractivity contribution in [3.05, 3.63) is 111 Å². The molecule has 0 aliphatic rings. The Morgan fingerprint density at radius 2 is 1.23 bits per heavy atom. The zero-order valence-corrected chi connectivity index (χ0v) is 32.2. The molecule has 1 N–H and O–H groups in total. The second-order valence-electron chi connectivity index (χ2n) is 10.1. The molecule has 1 radical (unpaired) electrons. The summed E-state index contributed by atoms with van der Waals surface area (Å²) < 4.78 is 26.9. The lowest BCUT2D eigenvalue weighted by Crippen LogP contribution is -2.10. The average molecular weight is 854 g/mol. The average Bonchev–Trinajstić information content (AvgIpc) is 3.14. The van der Waals surface area contributed by atoms with E-state index >= 15 is 0 Å². The second-order valence-corrected chi connectivity index (χ2v) is 12.3. The van der Waals surface area contributed by atoms with E-state index in [4.69, 9.17) is 35.6 Å². The van der Waals surface area contributed by atoms with E-state index in [1.54, 1.807) is 76.6 Å². The number of carbonyl (C=O) groups excluding carboxylic acids is 2. The third-order valence-electron chi connectivity index (χ3n) is 6.78. The maximum Gasteiger partial charge on any atom is 0.569 e. The molecule has 0 saturated heterocycles. The van der Waals surface area contributed by atoms with E-state index in [0.29, 0.717) is 52.6 Å². The number of hydrogen-bond acceptors (Lipinski definition) is 12. The van der Waals surface area contributed by atoms with Crippen molar-refractivity contribution < 1.29 is 38.2 Å². The molecule has 0 amide bonds. The summed E-state index contributed by atoms with van der Waals surface area (Å²) in [6, 6.07) is 25.3. The number of fused-ring (bicyclic) bond motifs is 2. The molecule has 12 nitrogen and oxygen atoms in total. The molecule has 0 aliphatic carbocycles. The molecule has 0 spiro atoms. The number of nitrogens with zero attached hydrogens (tertiary/aromatic N) is 4. The number of hydrogen-bond donors (Lipinski definition) is 1. The van der Waals surface area contributed by atoms with Crippen molar-refractivity contribution in [1.82, 2.24) is 19.9 Å². The molecular weight excluding hydrogens is 822 g/mol. The van der Waals surface area contributed by atoms with Gasteiger partial charge in [0.15, 0.2) is 17.2 Å². The first-order valence-electron chi connectivity index (χ1n) is 15.5. The molecule has 0 unspecified atom stereocenters. The Labute approximate surface area is 322 Å². The smallest absolute Gasteiger partial charge is 0.537 e. The predicted octanol–water partition coefficient (Wildman–Crippen LogP) is 8.07. The van der Waals surface area contributed by atoms with E-state index in [-0.39, 0.29) is 29.9 Å². The lowest BCUT2D eigenvalue weighted by Gasteiger charge is -2.10. The molecule has 0 aliphatic heterocycles. The first kappa shape index (κ1) is 40.0. The predicted molar refractivity (Wildman–Crippen MR) is 205 cm³/mol. The molecule has 0 fully saturated rings. The maximum absolute atomic E-state index is 12.3. The highest BCUT2D eigenvalue weighted by Crippen LogP contribution is 2.27. The van der Waals surface area contributed by atoms with Gasteiger partial charge < -0.3 is 28.6 Å². The van der Waals surface area contributed by atoms with Gasteiger partial charge in [-0.25, -0.2) is 29.5 Å². The van der Waals surface area contributed by atoms with E-state index in [1.807, 2.05) is 36.4 Å². The number of halogens is 3. The third kappa shape index (κ3) is 10.8. The number of methoxy groups -OCH3 is 2. The normalized spacial score (nSPS) is 10.2. The zero-order chi connectivity index (χ0) is 37.6. The van der Waals surface area contributed by atoms with Gasteiger partial charge in [-0.05, 0) is 92.2 Å².